The zero-order valence-corrected chi connectivity index (χ0v) is 14.8. The van der Waals surface area contributed by atoms with E-state index in [4.69, 9.17) is 4.74 Å². The highest BCUT2D eigenvalue weighted by molar-refractivity contribution is 5.79. The Morgan fingerprint density at radius 2 is 1.84 bits per heavy atom. The second kappa shape index (κ2) is 8.32. The van der Waals surface area contributed by atoms with Gasteiger partial charge in [-0.25, -0.2) is 4.98 Å². The van der Waals surface area contributed by atoms with E-state index in [2.05, 4.69) is 10.3 Å². The number of pyridine rings is 1. The molecule has 25 heavy (non-hydrogen) atoms. The summed E-state index contributed by atoms with van der Waals surface area (Å²) in [5.41, 5.74) is 0. The summed E-state index contributed by atoms with van der Waals surface area (Å²) in [5.74, 6) is 0.965. The van der Waals surface area contributed by atoms with E-state index < -0.39 is 0 Å². The summed E-state index contributed by atoms with van der Waals surface area (Å²) in [4.78, 5) is 29.8. The predicted octanol–water partition coefficient (Wildman–Crippen LogP) is 2.15. The van der Waals surface area contributed by atoms with Crippen molar-refractivity contribution in [2.45, 2.75) is 57.6 Å². The van der Waals surface area contributed by atoms with Crippen molar-refractivity contribution < 1.29 is 14.3 Å². The number of rotatable bonds is 4. The van der Waals surface area contributed by atoms with E-state index in [0.29, 0.717) is 19.0 Å². The second-order valence-electron chi connectivity index (χ2n) is 7.05. The third-order valence-electron chi connectivity index (χ3n) is 5.26. The topological polar surface area (TPSA) is 71.5 Å². The maximum absolute atomic E-state index is 12.5. The van der Waals surface area contributed by atoms with Gasteiger partial charge in [0.05, 0.1) is 0 Å². The summed E-state index contributed by atoms with van der Waals surface area (Å²) in [6.07, 6.45) is 7.20. The molecule has 0 atom stereocenters. The van der Waals surface area contributed by atoms with Crippen molar-refractivity contribution in [3.05, 3.63) is 24.4 Å². The number of carbonyl (C=O) groups excluding carboxylic acids is 2. The molecule has 1 saturated heterocycles. The van der Waals surface area contributed by atoms with Gasteiger partial charge in [-0.3, -0.25) is 9.59 Å². The molecular formula is C19H27N3O3. The van der Waals surface area contributed by atoms with Gasteiger partial charge in [-0.05, 0) is 44.6 Å². The van der Waals surface area contributed by atoms with Gasteiger partial charge in [0.1, 0.15) is 6.10 Å². The van der Waals surface area contributed by atoms with E-state index in [1.165, 1.54) is 0 Å². The molecule has 2 aliphatic rings. The van der Waals surface area contributed by atoms with Crippen LogP contribution >= 0.6 is 0 Å². The fourth-order valence-electron chi connectivity index (χ4n) is 3.69. The third-order valence-corrected chi connectivity index (χ3v) is 5.26. The number of aromatic nitrogens is 1. The van der Waals surface area contributed by atoms with Crippen molar-refractivity contribution in [3.8, 4) is 5.88 Å². The minimum atomic E-state index is 0.0399. The quantitative estimate of drug-likeness (QED) is 0.908. The number of piperidine rings is 1. The molecule has 1 saturated carbocycles. The van der Waals surface area contributed by atoms with E-state index in [0.717, 1.165) is 38.5 Å². The van der Waals surface area contributed by atoms with Crippen molar-refractivity contribution >= 4 is 11.8 Å². The number of ether oxygens (including phenoxy) is 1. The second-order valence-corrected chi connectivity index (χ2v) is 7.05. The van der Waals surface area contributed by atoms with E-state index in [1.54, 1.807) is 13.1 Å². The summed E-state index contributed by atoms with van der Waals surface area (Å²) >= 11 is 0. The van der Waals surface area contributed by atoms with Crippen LogP contribution in [-0.2, 0) is 9.59 Å². The van der Waals surface area contributed by atoms with E-state index in [9.17, 15) is 9.59 Å². The first-order valence-electron chi connectivity index (χ1n) is 9.25. The smallest absolute Gasteiger partial charge is 0.223 e. The average Bonchev–Trinajstić information content (AvgIpc) is 2.64. The first-order chi connectivity index (χ1) is 12.1. The number of carbonyl (C=O) groups is 2. The molecule has 6 heteroatoms. The van der Waals surface area contributed by atoms with Crippen LogP contribution < -0.4 is 10.1 Å². The van der Waals surface area contributed by atoms with Crippen molar-refractivity contribution in [2.75, 3.05) is 13.1 Å². The third kappa shape index (κ3) is 4.94. The Balaban J connectivity index is 1.39. The van der Waals surface area contributed by atoms with Gasteiger partial charge in [0.15, 0.2) is 0 Å². The van der Waals surface area contributed by atoms with Crippen LogP contribution in [0.4, 0.5) is 0 Å². The molecule has 1 aliphatic carbocycles. The van der Waals surface area contributed by atoms with E-state index >= 15 is 0 Å². The molecular weight excluding hydrogens is 318 g/mol. The molecule has 1 aliphatic heterocycles. The van der Waals surface area contributed by atoms with Crippen molar-refractivity contribution in [1.82, 2.24) is 15.2 Å². The molecule has 0 bridgehead atoms. The molecule has 0 aromatic carbocycles. The predicted molar refractivity (Wildman–Crippen MR) is 94.0 cm³/mol. The Labute approximate surface area is 148 Å². The van der Waals surface area contributed by atoms with Crippen molar-refractivity contribution in [3.63, 3.8) is 0 Å². The molecule has 136 valence electrons. The van der Waals surface area contributed by atoms with Crippen LogP contribution in [0.25, 0.3) is 0 Å². The molecule has 2 fully saturated rings. The molecule has 0 unspecified atom stereocenters. The minimum absolute atomic E-state index is 0.0399. The van der Waals surface area contributed by atoms with Crippen LogP contribution in [0.15, 0.2) is 24.4 Å². The van der Waals surface area contributed by atoms with Gasteiger partial charge in [-0.15, -0.1) is 0 Å². The van der Waals surface area contributed by atoms with Gasteiger partial charge in [-0.1, -0.05) is 6.07 Å². The number of hydrogen-bond acceptors (Lipinski definition) is 4. The Hall–Kier alpha value is -2.11. The first kappa shape index (κ1) is 17.7. The first-order valence-corrected chi connectivity index (χ1v) is 9.25. The van der Waals surface area contributed by atoms with Gasteiger partial charge in [0.25, 0.3) is 0 Å². The fourth-order valence-corrected chi connectivity index (χ4v) is 3.69. The maximum atomic E-state index is 12.5. The standard InChI is InChI=1S/C19H27N3O3/c1-14(23)22-12-9-15(10-13-22)19(24)21-16-5-7-17(8-6-16)25-18-4-2-3-11-20-18/h2-4,11,15-17H,5-10,12-13H2,1H3,(H,21,24). The molecule has 6 nitrogen and oxygen atoms in total. The number of amides is 2. The summed E-state index contributed by atoms with van der Waals surface area (Å²) in [6.45, 7) is 2.97. The number of nitrogens with zero attached hydrogens (tertiary/aromatic N) is 2. The molecule has 1 N–H and O–H groups in total. The highest BCUT2D eigenvalue weighted by atomic mass is 16.5. The lowest BCUT2D eigenvalue weighted by molar-refractivity contribution is -0.134. The fraction of sp³-hybridized carbons (Fsp3) is 0.632. The molecule has 2 amide bonds. The lowest BCUT2D eigenvalue weighted by Crippen LogP contribution is -2.46. The number of hydrogen-bond donors (Lipinski definition) is 1. The summed E-state index contributed by atoms with van der Waals surface area (Å²) in [5, 5.41) is 3.20. The van der Waals surface area contributed by atoms with Crippen LogP contribution in [0.1, 0.15) is 45.4 Å². The largest absolute Gasteiger partial charge is 0.474 e. The molecule has 1 aromatic heterocycles. The Morgan fingerprint density at radius 3 is 2.44 bits per heavy atom. The van der Waals surface area contributed by atoms with Gasteiger partial charge in [0, 0.05) is 44.2 Å². The minimum Gasteiger partial charge on any atom is -0.474 e. The zero-order valence-electron chi connectivity index (χ0n) is 14.8. The monoisotopic (exact) mass is 345 g/mol. The molecule has 0 radical (unpaired) electrons. The van der Waals surface area contributed by atoms with Crippen molar-refractivity contribution in [1.29, 1.82) is 0 Å². The van der Waals surface area contributed by atoms with Gasteiger partial charge < -0.3 is 15.0 Å². The lowest BCUT2D eigenvalue weighted by Gasteiger charge is -2.33. The van der Waals surface area contributed by atoms with E-state index in [-0.39, 0.29) is 29.9 Å². The molecule has 0 spiro atoms. The van der Waals surface area contributed by atoms with Crippen LogP contribution in [0, 0.1) is 5.92 Å². The molecule has 3 rings (SSSR count). The molecule has 1 aromatic rings. The highest BCUT2D eigenvalue weighted by Gasteiger charge is 2.29. The summed E-state index contributed by atoms with van der Waals surface area (Å²) in [6, 6.07) is 5.91. The van der Waals surface area contributed by atoms with Crippen molar-refractivity contribution in [2.24, 2.45) is 5.92 Å². The van der Waals surface area contributed by atoms with Crippen LogP contribution in [0.2, 0.25) is 0 Å². The Bertz CT molecular complexity index is 577. The Kier molecular flexibility index (Phi) is 5.89. The van der Waals surface area contributed by atoms with Crippen LogP contribution in [-0.4, -0.2) is 46.9 Å². The number of likely N-dealkylation sites (tertiary alicyclic amines) is 1. The Morgan fingerprint density at radius 1 is 1.12 bits per heavy atom. The average molecular weight is 345 g/mol. The van der Waals surface area contributed by atoms with Crippen LogP contribution in [0.3, 0.4) is 0 Å². The molecule has 2 heterocycles. The lowest BCUT2D eigenvalue weighted by atomic mass is 9.91. The van der Waals surface area contributed by atoms with Gasteiger partial charge in [-0.2, -0.15) is 0 Å². The highest BCUT2D eigenvalue weighted by Crippen LogP contribution is 2.24. The van der Waals surface area contributed by atoms with Gasteiger partial charge in [0.2, 0.25) is 17.7 Å². The van der Waals surface area contributed by atoms with Crippen LogP contribution in [0.5, 0.6) is 5.88 Å². The summed E-state index contributed by atoms with van der Waals surface area (Å²) in [7, 11) is 0. The summed E-state index contributed by atoms with van der Waals surface area (Å²) < 4.78 is 5.90. The van der Waals surface area contributed by atoms with E-state index in [1.807, 2.05) is 23.1 Å². The normalized spacial score (nSPS) is 24.6. The maximum Gasteiger partial charge on any atom is 0.223 e. The number of nitrogens with one attached hydrogen (secondary N) is 1. The zero-order chi connectivity index (χ0) is 17.6. The van der Waals surface area contributed by atoms with Gasteiger partial charge >= 0.3 is 0 Å². The SMILES string of the molecule is CC(=O)N1CCC(C(=O)NC2CCC(Oc3ccccn3)CC2)CC1.